The van der Waals surface area contributed by atoms with Crippen molar-refractivity contribution < 1.29 is 4.79 Å². The Bertz CT molecular complexity index is 840. The molecule has 2 aromatic carbocycles. The average Bonchev–Trinajstić information content (AvgIpc) is 2.66. The zero-order valence-corrected chi connectivity index (χ0v) is 14.7. The molecule has 25 heavy (non-hydrogen) atoms. The van der Waals surface area contributed by atoms with Crippen LogP contribution >= 0.6 is 0 Å². The first-order valence-corrected chi connectivity index (χ1v) is 9.01. The summed E-state index contributed by atoms with van der Waals surface area (Å²) >= 11 is 0. The van der Waals surface area contributed by atoms with Gasteiger partial charge < -0.3 is 5.32 Å². The minimum Gasteiger partial charge on any atom is -0.322 e. The van der Waals surface area contributed by atoms with Crippen molar-refractivity contribution in [1.29, 1.82) is 0 Å². The molecule has 128 valence electrons. The minimum atomic E-state index is -0.0959. The van der Waals surface area contributed by atoms with E-state index in [1.54, 1.807) is 6.20 Å². The lowest BCUT2D eigenvalue weighted by molar-refractivity contribution is 0.102. The SMILES string of the molecule is CCCCCCc1ccc(NC(=O)c2ccc3ncccc3c2)cc1. The molecule has 1 N–H and O–H groups in total. The molecule has 3 heteroatoms. The summed E-state index contributed by atoms with van der Waals surface area (Å²) in [6, 6.07) is 17.6. The quantitative estimate of drug-likeness (QED) is 0.571. The van der Waals surface area contributed by atoms with Crippen LogP contribution in [0.4, 0.5) is 5.69 Å². The summed E-state index contributed by atoms with van der Waals surface area (Å²) in [5.41, 5.74) is 3.69. The Balaban J connectivity index is 1.61. The maximum atomic E-state index is 12.5. The lowest BCUT2D eigenvalue weighted by Gasteiger charge is -2.07. The Morgan fingerprint density at radius 2 is 1.84 bits per heavy atom. The number of rotatable bonds is 7. The van der Waals surface area contributed by atoms with Crippen molar-refractivity contribution >= 4 is 22.5 Å². The summed E-state index contributed by atoms with van der Waals surface area (Å²) < 4.78 is 0. The average molecular weight is 332 g/mol. The van der Waals surface area contributed by atoms with Gasteiger partial charge in [-0.2, -0.15) is 0 Å². The highest BCUT2D eigenvalue weighted by Crippen LogP contribution is 2.16. The molecule has 3 nitrogen and oxygen atoms in total. The van der Waals surface area contributed by atoms with Crippen LogP contribution in [-0.4, -0.2) is 10.9 Å². The van der Waals surface area contributed by atoms with Crippen molar-refractivity contribution in [3.8, 4) is 0 Å². The molecule has 0 spiro atoms. The van der Waals surface area contributed by atoms with E-state index in [0.717, 1.165) is 23.0 Å². The second kappa shape index (κ2) is 8.43. The standard InChI is InChI=1S/C22H24N2O/c1-2-3-4-5-7-17-9-12-20(13-10-17)24-22(25)19-11-14-21-18(16-19)8-6-15-23-21/h6,8-16H,2-5,7H2,1H3,(H,24,25). The zero-order valence-electron chi connectivity index (χ0n) is 14.7. The Kier molecular flexibility index (Phi) is 5.78. The molecule has 0 aliphatic carbocycles. The van der Waals surface area contributed by atoms with Gasteiger partial charge in [0.2, 0.25) is 0 Å². The number of benzene rings is 2. The van der Waals surface area contributed by atoms with Gasteiger partial charge in [-0.1, -0.05) is 44.4 Å². The van der Waals surface area contributed by atoms with Gasteiger partial charge in [-0.3, -0.25) is 9.78 Å². The monoisotopic (exact) mass is 332 g/mol. The third-order valence-corrected chi connectivity index (χ3v) is 4.40. The second-order valence-electron chi connectivity index (χ2n) is 6.37. The van der Waals surface area contributed by atoms with Gasteiger partial charge >= 0.3 is 0 Å². The van der Waals surface area contributed by atoms with E-state index >= 15 is 0 Å². The number of nitrogens with one attached hydrogen (secondary N) is 1. The van der Waals surface area contributed by atoms with E-state index in [0.29, 0.717) is 5.56 Å². The van der Waals surface area contributed by atoms with Crippen LogP contribution in [0.3, 0.4) is 0 Å². The summed E-state index contributed by atoms with van der Waals surface area (Å²) in [7, 11) is 0. The van der Waals surface area contributed by atoms with E-state index in [2.05, 4.69) is 29.4 Å². The van der Waals surface area contributed by atoms with E-state index in [-0.39, 0.29) is 5.91 Å². The smallest absolute Gasteiger partial charge is 0.255 e. The molecule has 3 aromatic rings. The number of aryl methyl sites for hydroxylation is 1. The van der Waals surface area contributed by atoms with Crippen LogP contribution in [0.1, 0.15) is 48.5 Å². The molecule has 3 rings (SSSR count). The van der Waals surface area contributed by atoms with Crippen LogP contribution < -0.4 is 5.32 Å². The fourth-order valence-corrected chi connectivity index (χ4v) is 2.93. The van der Waals surface area contributed by atoms with Crippen molar-refractivity contribution in [1.82, 2.24) is 4.98 Å². The molecule has 0 saturated heterocycles. The van der Waals surface area contributed by atoms with Crippen molar-refractivity contribution in [2.45, 2.75) is 39.0 Å². The van der Waals surface area contributed by atoms with Crippen molar-refractivity contribution in [3.05, 3.63) is 71.9 Å². The maximum Gasteiger partial charge on any atom is 0.255 e. The van der Waals surface area contributed by atoms with Gasteiger partial charge in [-0.15, -0.1) is 0 Å². The van der Waals surface area contributed by atoms with E-state index in [1.807, 2.05) is 42.5 Å². The molecule has 1 aromatic heterocycles. The number of unbranched alkanes of at least 4 members (excludes halogenated alkanes) is 3. The second-order valence-corrected chi connectivity index (χ2v) is 6.37. The number of amides is 1. The number of fused-ring (bicyclic) bond motifs is 1. The largest absolute Gasteiger partial charge is 0.322 e. The predicted octanol–water partition coefficient (Wildman–Crippen LogP) is 5.61. The summed E-state index contributed by atoms with van der Waals surface area (Å²) in [5.74, 6) is -0.0959. The summed E-state index contributed by atoms with van der Waals surface area (Å²) in [5, 5.41) is 3.94. The normalized spacial score (nSPS) is 10.8. The van der Waals surface area contributed by atoms with Crippen molar-refractivity contribution in [2.75, 3.05) is 5.32 Å². The summed E-state index contributed by atoms with van der Waals surface area (Å²) in [6.45, 7) is 2.23. The molecular formula is C22H24N2O. The topological polar surface area (TPSA) is 42.0 Å². The zero-order chi connectivity index (χ0) is 17.5. The molecule has 0 bridgehead atoms. The highest BCUT2D eigenvalue weighted by Gasteiger charge is 2.07. The first kappa shape index (κ1) is 17.2. The number of carbonyl (C=O) groups excluding carboxylic acids is 1. The van der Waals surface area contributed by atoms with E-state index < -0.39 is 0 Å². The molecule has 0 atom stereocenters. The molecular weight excluding hydrogens is 308 g/mol. The Labute approximate surface area is 149 Å². The van der Waals surface area contributed by atoms with Crippen LogP contribution in [0, 0.1) is 0 Å². The van der Waals surface area contributed by atoms with Crippen LogP contribution in [0.2, 0.25) is 0 Å². The molecule has 1 amide bonds. The Morgan fingerprint density at radius 3 is 2.64 bits per heavy atom. The van der Waals surface area contributed by atoms with Gasteiger partial charge in [0.25, 0.3) is 5.91 Å². The van der Waals surface area contributed by atoms with Gasteiger partial charge in [0.1, 0.15) is 0 Å². The number of hydrogen-bond donors (Lipinski definition) is 1. The van der Waals surface area contributed by atoms with Gasteiger partial charge in [-0.25, -0.2) is 0 Å². The van der Waals surface area contributed by atoms with Gasteiger partial charge in [-0.05, 0) is 54.8 Å². The van der Waals surface area contributed by atoms with E-state index in [9.17, 15) is 4.79 Å². The maximum absolute atomic E-state index is 12.5. The Morgan fingerprint density at radius 1 is 1.00 bits per heavy atom. The number of pyridine rings is 1. The number of anilines is 1. The summed E-state index contributed by atoms with van der Waals surface area (Å²) in [6.07, 6.45) is 7.93. The van der Waals surface area contributed by atoms with Crippen LogP contribution in [0.15, 0.2) is 60.8 Å². The van der Waals surface area contributed by atoms with Gasteiger partial charge in [0, 0.05) is 22.8 Å². The minimum absolute atomic E-state index is 0.0959. The van der Waals surface area contributed by atoms with Crippen molar-refractivity contribution in [2.24, 2.45) is 0 Å². The van der Waals surface area contributed by atoms with Crippen molar-refractivity contribution in [3.63, 3.8) is 0 Å². The molecule has 0 unspecified atom stereocenters. The predicted molar refractivity (Wildman–Crippen MR) is 104 cm³/mol. The number of aromatic nitrogens is 1. The van der Waals surface area contributed by atoms with Crippen LogP contribution in [0.25, 0.3) is 10.9 Å². The number of hydrogen-bond acceptors (Lipinski definition) is 2. The summed E-state index contributed by atoms with van der Waals surface area (Å²) in [4.78, 5) is 16.7. The Hall–Kier alpha value is -2.68. The highest BCUT2D eigenvalue weighted by molar-refractivity contribution is 6.06. The van der Waals surface area contributed by atoms with E-state index in [4.69, 9.17) is 0 Å². The number of carbonyl (C=O) groups is 1. The lowest BCUT2D eigenvalue weighted by atomic mass is 10.1. The van der Waals surface area contributed by atoms with Crippen LogP contribution in [0.5, 0.6) is 0 Å². The fourth-order valence-electron chi connectivity index (χ4n) is 2.93. The molecule has 1 heterocycles. The first-order chi connectivity index (χ1) is 12.3. The highest BCUT2D eigenvalue weighted by atomic mass is 16.1. The first-order valence-electron chi connectivity index (χ1n) is 9.01. The third kappa shape index (κ3) is 4.66. The third-order valence-electron chi connectivity index (χ3n) is 4.40. The molecule has 0 radical (unpaired) electrons. The fraction of sp³-hybridized carbons (Fsp3) is 0.273. The lowest BCUT2D eigenvalue weighted by Crippen LogP contribution is -2.11. The van der Waals surface area contributed by atoms with E-state index in [1.165, 1.54) is 31.2 Å². The molecule has 0 aliphatic rings. The number of nitrogens with zero attached hydrogens (tertiary/aromatic N) is 1. The van der Waals surface area contributed by atoms with Gasteiger partial charge in [0.05, 0.1) is 5.52 Å². The van der Waals surface area contributed by atoms with Gasteiger partial charge in [0.15, 0.2) is 0 Å². The molecule has 0 fully saturated rings. The molecule has 0 saturated carbocycles. The van der Waals surface area contributed by atoms with Crippen LogP contribution in [-0.2, 0) is 6.42 Å². The molecule has 0 aliphatic heterocycles.